The molecule has 0 fully saturated rings. The molecule has 0 aromatic heterocycles. The molecular weight excluding hydrogens is 581 g/mol. The van der Waals surface area contributed by atoms with Gasteiger partial charge < -0.3 is 9.80 Å². The predicted molar refractivity (Wildman–Crippen MR) is 204 cm³/mol. The first kappa shape index (κ1) is 29.4. The summed E-state index contributed by atoms with van der Waals surface area (Å²) in [7, 11) is 0. The number of hydrogen-bond donors (Lipinski definition) is 0. The van der Waals surface area contributed by atoms with Crippen LogP contribution in [0.5, 0.6) is 0 Å². The molecule has 0 unspecified atom stereocenters. The lowest BCUT2D eigenvalue weighted by molar-refractivity contribution is 0.998. The molecular formula is C46H36N2. The number of para-hydroxylation sites is 1. The molecule has 0 saturated carbocycles. The third-order valence-corrected chi connectivity index (χ3v) is 9.35. The van der Waals surface area contributed by atoms with Gasteiger partial charge in [-0.05, 0) is 127 Å². The average molecular weight is 617 g/mol. The van der Waals surface area contributed by atoms with Crippen LogP contribution in [0.2, 0.25) is 0 Å². The number of allylic oxidation sites excluding steroid dienone is 3. The van der Waals surface area contributed by atoms with Gasteiger partial charge in [-0.3, -0.25) is 0 Å². The Morgan fingerprint density at radius 3 is 1.94 bits per heavy atom. The average Bonchev–Trinajstić information content (AvgIpc) is 3.13. The van der Waals surface area contributed by atoms with Crippen molar-refractivity contribution in [3.63, 3.8) is 0 Å². The van der Waals surface area contributed by atoms with Gasteiger partial charge in [0.25, 0.3) is 0 Å². The summed E-state index contributed by atoms with van der Waals surface area (Å²) in [4.78, 5) is 4.76. The Labute approximate surface area is 283 Å². The highest BCUT2D eigenvalue weighted by Crippen LogP contribution is 2.42. The summed E-state index contributed by atoms with van der Waals surface area (Å²) in [5.74, 6) is 0. The maximum atomic E-state index is 3.29. The van der Waals surface area contributed by atoms with Crippen molar-refractivity contribution in [3.05, 3.63) is 187 Å². The van der Waals surface area contributed by atoms with Gasteiger partial charge in [-0.25, -0.2) is 0 Å². The van der Waals surface area contributed by atoms with Crippen molar-refractivity contribution in [3.8, 4) is 11.1 Å². The quantitative estimate of drug-likeness (QED) is 0.176. The molecule has 0 N–H and O–H groups in total. The summed E-state index contributed by atoms with van der Waals surface area (Å²) in [5.41, 5.74) is 11.9. The van der Waals surface area contributed by atoms with E-state index in [0.717, 1.165) is 40.7 Å². The van der Waals surface area contributed by atoms with Crippen molar-refractivity contribution >= 4 is 50.0 Å². The minimum absolute atomic E-state index is 1.05. The molecule has 0 aliphatic heterocycles. The monoisotopic (exact) mass is 616 g/mol. The molecule has 0 amide bonds. The molecule has 7 aromatic rings. The van der Waals surface area contributed by atoms with Crippen molar-refractivity contribution in [2.45, 2.75) is 26.7 Å². The standard InChI is InChI=1S/C46H36N2/c1-33-31-39(47(37-19-5-3-6-20-37)45-25-13-17-35-15-9-11-23-43(35)45)27-29-41(33)42-30-28-40(32-34(42)2)48(38-21-7-4-8-22-38)46-26-14-18-36-16-10-12-24-44(36)46/h3,5-7,10-14,16-32H,4,8H2,1-2H3. The van der Waals surface area contributed by atoms with E-state index >= 15 is 0 Å². The number of hydrogen-bond acceptors (Lipinski definition) is 2. The van der Waals surface area contributed by atoms with Gasteiger partial charge in [0.1, 0.15) is 0 Å². The van der Waals surface area contributed by atoms with Crippen molar-refractivity contribution < 1.29 is 0 Å². The molecule has 0 spiro atoms. The number of fused-ring (bicyclic) bond motifs is 2. The fourth-order valence-electron chi connectivity index (χ4n) is 7.06. The summed E-state index contributed by atoms with van der Waals surface area (Å²) < 4.78 is 0. The fraction of sp³-hybridized carbons (Fsp3) is 0.0870. The zero-order chi connectivity index (χ0) is 32.5. The van der Waals surface area contributed by atoms with Gasteiger partial charge in [0.2, 0.25) is 0 Å². The van der Waals surface area contributed by atoms with Crippen LogP contribution in [0.1, 0.15) is 24.0 Å². The Kier molecular flexibility index (Phi) is 7.73. The molecule has 7 aromatic carbocycles. The SMILES string of the molecule is Cc1cc(N(C2=CCCC=C2)c2cccc3ccccc23)ccc1-c1ccc(N(c2ccccc2)c2cccc3c#cccc23)cc1C. The van der Waals surface area contributed by atoms with Crippen LogP contribution in [-0.4, -0.2) is 0 Å². The number of rotatable bonds is 7. The summed E-state index contributed by atoms with van der Waals surface area (Å²) in [6.07, 6.45) is 9.04. The highest BCUT2D eigenvalue weighted by Gasteiger charge is 2.20. The largest absolute Gasteiger partial charge is 0.310 e. The maximum absolute atomic E-state index is 3.29. The minimum Gasteiger partial charge on any atom is -0.310 e. The second kappa shape index (κ2) is 12.6. The van der Waals surface area contributed by atoms with Crippen LogP contribution in [0.4, 0.5) is 28.4 Å². The van der Waals surface area contributed by atoms with Gasteiger partial charge in [-0.15, -0.1) is 0 Å². The Hall–Kier alpha value is -6.04. The normalized spacial score (nSPS) is 12.5. The molecule has 1 aliphatic rings. The van der Waals surface area contributed by atoms with Crippen LogP contribution in [-0.2, 0) is 0 Å². The molecule has 0 heterocycles. The van der Waals surface area contributed by atoms with Crippen LogP contribution in [0.15, 0.2) is 163 Å². The summed E-state index contributed by atoms with van der Waals surface area (Å²) in [6, 6.07) is 56.5. The molecule has 48 heavy (non-hydrogen) atoms. The Balaban J connectivity index is 1.20. The second-order valence-electron chi connectivity index (χ2n) is 12.5. The van der Waals surface area contributed by atoms with Crippen LogP contribution in [0, 0.1) is 26.0 Å². The predicted octanol–water partition coefficient (Wildman–Crippen LogP) is 12.7. The van der Waals surface area contributed by atoms with Crippen molar-refractivity contribution in [1.29, 1.82) is 0 Å². The van der Waals surface area contributed by atoms with Gasteiger partial charge in [-0.2, -0.15) is 0 Å². The molecule has 8 rings (SSSR count). The van der Waals surface area contributed by atoms with Gasteiger partial charge in [0.05, 0.1) is 11.4 Å². The highest BCUT2D eigenvalue weighted by atomic mass is 15.2. The third kappa shape index (κ3) is 5.40. The van der Waals surface area contributed by atoms with Gasteiger partial charge in [-0.1, -0.05) is 97.1 Å². The summed E-state index contributed by atoms with van der Waals surface area (Å²) in [5, 5.41) is 4.69. The van der Waals surface area contributed by atoms with E-state index in [1.165, 1.54) is 50.1 Å². The van der Waals surface area contributed by atoms with Crippen LogP contribution in [0.3, 0.4) is 0 Å². The number of anilines is 5. The molecule has 0 saturated heterocycles. The summed E-state index contributed by atoms with van der Waals surface area (Å²) >= 11 is 0. The lowest BCUT2D eigenvalue weighted by atomic mass is 9.94. The molecule has 1 aliphatic carbocycles. The van der Waals surface area contributed by atoms with Crippen molar-refractivity contribution in [2.75, 3.05) is 9.80 Å². The number of benzene rings is 6. The Morgan fingerprint density at radius 1 is 0.542 bits per heavy atom. The van der Waals surface area contributed by atoms with Crippen LogP contribution >= 0.6 is 0 Å². The van der Waals surface area contributed by atoms with E-state index < -0.39 is 0 Å². The summed E-state index contributed by atoms with van der Waals surface area (Å²) in [6.45, 7) is 4.46. The van der Waals surface area contributed by atoms with E-state index in [1.54, 1.807) is 0 Å². The first-order chi connectivity index (χ1) is 23.7. The lowest BCUT2D eigenvalue weighted by Crippen LogP contribution is -2.16. The molecule has 230 valence electrons. The van der Waals surface area contributed by atoms with Crippen LogP contribution in [0.25, 0.3) is 32.7 Å². The van der Waals surface area contributed by atoms with Gasteiger partial charge in [0.15, 0.2) is 0 Å². The lowest BCUT2D eigenvalue weighted by Gasteiger charge is -2.29. The van der Waals surface area contributed by atoms with E-state index in [9.17, 15) is 0 Å². The smallest absolute Gasteiger partial charge is 0.0546 e. The van der Waals surface area contributed by atoms with Crippen molar-refractivity contribution in [2.24, 2.45) is 0 Å². The maximum Gasteiger partial charge on any atom is 0.0546 e. The number of aryl methyl sites for hydroxylation is 2. The molecule has 2 nitrogen and oxygen atoms in total. The van der Waals surface area contributed by atoms with E-state index in [2.05, 4.69) is 187 Å². The zero-order valence-corrected chi connectivity index (χ0v) is 27.3. The first-order valence-corrected chi connectivity index (χ1v) is 16.7. The Bertz CT molecular complexity index is 2320. The molecule has 0 radical (unpaired) electrons. The Morgan fingerprint density at radius 2 is 1.21 bits per heavy atom. The van der Waals surface area contributed by atoms with Gasteiger partial charge in [0, 0.05) is 38.9 Å². The first-order valence-electron chi connectivity index (χ1n) is 16.7. The van der Waals surface area contributed by atoms with Crippen molar-refractivity contribution in [1.82, 2.24) is 0 Å². The third-order valence-electron chi connectivity index (χ3n) is 9.35. The van der Waals surface area contributed by atoms with E-state index in [-0.39, 0.29) is 0 Å². The number of nitrogens with zero attached hydrogens (tertiary/aromatic N) is 2. The topological polar surface area (TPSA) is 6.48 Å². The zero-order valence-electron chi connectivity index (χ0n) is 27.3. The van der Waals surface area contributed by atoms with E-state index in [1.807, 2.05) is 6.07 Å². The second-order valence-corrected chi connectivity index (χ2v) is 12.5. The van der Waals surface area contributed by atoms with Gasteiger partial charge >= 0.3 is 0 Å². The van der Waals surface area contributed by atoms with E-state index in [0.29, 0.717) is 0 Å². The minimum atomic E-state index is 1.05. The molecule has 0 bridgehead atoms. The molecule has 2 heteroatoms. The van der Waals surface area contributed by atoms with E-state index in [4.69, 9.17) is 0 Å². The highest BCUT2D eigenvalue weighted by molar-refractivity contribution is 5.99. The van der Waals surface area contributed by atoms with Crippen LogP contribution < -0.4 is 9.80 Å². The fourth-order valence-corrected chi connectivity index (χ4v) is 7.06. The molecule has 0 atom stereocenters.